The van der Waals surface area contributed by atoms with E-state index < -0.39 is 0 Å². The van der Waals surface area contributed by atoms with Crippen LogP contribution in [0.3, 0.4) is 0 Å². The minimum Gasteiger partial charge on any atom is -0.396 e. The molecule has 0 atom stereocenters. The van der Waals surface area contributed by atoms with E-state index in [0.29, 0.717) is 12.5 Å². The molecule has 0 spiro atoms. The summed E-state index contributed by atoms with van der Waals surface area (Å²) < 4.78 is 0. The highest BCUT2D eigenvalue weighted by atomic mass is 16.3. The summed E-state index contributed by atoms with van der Waals surface area (Å²) in [6.45, 7) is 9.32. The van der Waals surface area contributed by atoms with Gasteiger partial charge in [0, 0.05) is 18.5 Å². The van der Waals surface area contributed by atoms with Crippen LogP contribution in [0.2, 0.25) is 0 Å². The zero-order chi connectivity index (χ0) is 12.2. The number of carbonyl (C=O) groups excluding carboxylic acids is 1. The predicted octanol–water partition coefficient (Wildman–Crippen LogP) is 1.82. The van der Waals surface area contributed by atoms with Gasteiger partial charge in [0.15, 0.2) is 0 Å². The van der Waals surface area contributed by atoms with Gasteiger partial charge in [0.25, 0.3) is 0 Å². The van der Waals surface area contributed by atoms with Gasteiger partial charge in [0.05, 0.1) is 6.61 Å². The Labute approximate surface area is 98.1 Å². The summed E-state index contributed by atoms with van der Waals surface area (Å²) in [6, 6.07) is 0. The van der Waals surface area contributed by atoms with Crippen molar-refractivity contribution in [2.75, 3.05) is 19.7 Å². The first-order valence-electron chi connectivity index (χ1n) is 6.05. The van der Waals surface area contributed by atoms with Gasteiger partial charge in [-0.1, -0.05) is 26.8 Å². The molecule has 3 nitrogen and oxygen atoms in total. The molecule has 1 N–H and O–H groups in total. The molecule has 0 heterocycles. The third-order valence-corrected chi connectivity index (χ3v) is 3.35. The number of rotatable bonds is 6. The molecule has 1 amide bonds. The number of carbonyl (C=O) groups is 1. The van der Waals surface area contributed by atoms with Gasteiger partial charge in [-0.2, -0.15) is 0 Å². The molecule has 0 aromatic rings. The number of amides is 1. The van der Waals surface area contributed by atoms with E-state index >= 15 is 0 Å². The molecule has 0 aromatic carbocycles. The first-order chi connectivity index (χ1) is 7.53. The van der Waals surface area contributed by atoms with E-state index in [1.165, 1.54) is 12.5 Å². The second-order valence-electron chi connectivity index (χ2n) is 5.33. The molecular formula is C13H23NO2. The first-order valence-corrected chi connectivity index (χ1v) is 6.05. The third-order valence-electron chi connectivity index (χ3n) is 3.35. The Hall–Kier alpha value is -0.830. The van der Waals surface area contributed by atoms with Crippen LogP contribution < -0.4 is 0 Å². The fraction of sp³-hybridized carbons (Fsp3) is 0.769. The molecule has 1 saturated carbocycles. The molecule has 0 bridgehead atoms. The standard InChI is InChI=1S/C13H23NO2/c1-4-12(16)14(8-11(2)3)9-13(10-15)6-5-7-13/h4,11,15H,1,5-10H2,2-3H3. The van der Waals surface area contributed by atoms with Gasteiger partial charge in [0.2, 0.25) is 5.91 Å². The van der Waals surface area contributed by atoms with Gasteiger partial charge in [-0.15, -0.1) is 0 Å². The average Bonchev–Trinajstić information content (AvgIpc) is 2.20. The summed E-state index contributed by atoms with van der Waals surface area (Å²) in [7, 11) is 0. The molecular weight excluding hydrogens is 202 g/mol. The van der Waals surface area contributed by atoms with Gasteiger partial charge < -0.3 is 10.0 Å². The molecule has 1 rings (SSSR count). The Morgan fingerprint density at radius 3 is 2.50 bits per heavy atom. The fourth-order valence-corrected chi connectivity index (χ4v) is 2.25. The molecule has 1 fully saturated rings. The summed E-state index contributed by atoms with van der Waals surface area (Å²) in [5.74, 6) is 0.424. The Bertz CT molecular complexity index is 251. The van der Waals surface area contributed by atoms with Crippen molar-refractivity contribution < 1.29 is 9.90 Å². The van der Waals surface area contributed by atoms with Crippen molar-refractivity contribution in [3.8, 4) is 0 Å². The number of hydrogen-bond acceptors (Lipinski definition) is 2. The van der Waals surface area contributed by atoms with Crippen LogP contribution in [0.4, 0.5) is 0 Å². The second kappa shape index (κ2) is 5.48. The Morgan fingerprint density at radius 1 is 1.56 bits per heavy atom. The monoisotopic (exact) mass is 225 g/mol. The maximum absolute atomic E-state index is 11.7. The number of hydrogen-bond donors (Lipinski definition) is 1. The van der Waals surface area contributed by atoms with Crippen LogP contribution in [0.5, 0.6) is 0 Å². The average molecular weight is 225 g/mol. The number of nitrogens with zero attached hydrogens (tertiary/aromatic N) is 1. The van der Waals surface area contributed by atoms with Gasteiger partial charge in [-0.3, -0.25) is 4.79 Å². The zero-order valence-electron chi connectivity index (χ0n) is 10.4. The first kappa shape index (κ1) is 13.2. The second-order valence-corrected chi connectivity index (χ2v) is 5.33. The molecule has 0 radical (unpaired) electrons. The lowest BCUT2D eigenvalue weighted by atomic mass is 9.69. The van der Waals surface area contributed by atoms with E-state index in [9.17, 15) is 9.90 Å². The lowest BCUT2D eigenvalue weighted by Gasteiger charge is -2.44. The summed E-state index contributed by atoms with van der Waals surface area (Å²) in [5.41, 5.74) is -0.0342. The van der Waals surface area contributed by atoms with Crippen molar-refractivity contribution in [1.82, 2.24) is 4.90 Å². The summed E-state index contributed by atoms with van der Waals surface area (Å²) in [4.78, 5) is 13.5. The van der Waals surface area contributed by atoms with E-state index in [1.807, 2.05) is 4.90 Å². The van der Waals surface area contributed by atoms with Crippen molar-refractivity contribution >= 4 is 5.91 Å². The van der Waals surface area contributed by atoms with Crippen LogP contribution in [-0.2, 0) is 4.79 Å². The SMILES string of the molecule is C=CC(=O)N(CC(C)C)CC1(CO)CCC1. The molecule has 3 heteroatoms. The highest BCUT2D eigenvalue weighted by Gasteiger charge is 2.38. The van der Waals surface area contributed by atoms with Gasteiger partial charge in [-0.05, 0) is 24.8 Å². The Morgan fingerprint density at radius 2 is 2.19 bits per heavy atom. The van der Waals surface area contributed by atoms with Crippen LogP contribution in [0.15, 0.2) is 12.7 Å². The molecule has 92 valence electrons. The van der Waals surface area contributed by atoms with Crippen molar-refractivity contribution in [1.29, 1.82) is 0 Å². The van der Waals surface area contributed by atoms with Crippen LogP contribution in [0.25, 0.3) is 0 Å². The third kappa shape index (κ3) is 3.08. The molecule has 1 aliphatic rings. The quantitative estimate of drug-likeness (QED) is 0.700. The fourth-order valence-electron chi connectivity index (χ4n) is 2.25. The number of aliphatic hydroxyl groups excluding tert-OH is 1. The molecule has 0 aliphatic heterocycles. The predicted molar refractivity (Wildman–Crippen MR) is 65.0 cm³/mol. The molecule has 0 aromatic heterocycles. The van der Waals surface area contributed by atoms with Crippen molar-refractivity contribution in [3.05, 3.63) is 12.7 Å². The van der Waals surface area contributed by atoms with E-state index in [0.717, 1.165) is 19.4 Å². The van der Waals surface area contributed by atoms with Crippen LogP contribution in [0, 0.1) is 11.3 Å². The zero-order valence-corrected chi connectivity index (χ0v) is 10.4. The van der Waals surface area contributed by atoms with E-state index in [4.69, 9.17) is 0 Å². The van der Waals surface area contributed by atoms with E-state index in [-0.39, 0.29) is 17.9 Å². The molecule has 0 saturated heterocycles. The normalized spacial score (nSPS) is 18.0. The van der Waals surface area contributed by atoms with Crippen molar-refractivity contribution in [2.45, 2.75) is 33.1 Å². The van der Waals surface area contributed by atoms with Gasteiger partial charge >= 0.3 is 0 Å². The number of aliphatic hydroxyl groups is 1. The van der Waals surface area contributed by atoms with Crippen LogP contribution in [-0.4, -0.2) is 35.6 Å². The smallest absolute Gasteiger partial charge is 0.245 e. The Kier molecular flexibility index (Phi) is 4.54. The topological polar surface area (TPSA) is 40.5 Å². The summed E-state index contributed by atoms with van der Waals surface area (Å²) >= 11 is 0. The van der Waals surface area contributed by atoms with E-state index in [2.05, 4.69) is 20.4 Å². The lowest BCUT2D eigenvalue weighted by Crippen LogP contribution is -2.47. The van der Waals surface area contributed by atoms with Crippen LogP contribution in [0.1, 0.15) is 33.1 Å². The van der Waals surface area contributed by atoms with Crippen molar-refractivity contribution in [2.24, 2.45) is 11.3 Å². The van der Waals surface area contributed by atoms with Crippen LogP contribution >= 0.6 is 0 Å². The summed E-state index contributed by atoms with van der Waals surface area (Å²) in [6.07, 6.45) is 4.59. The lowest BCUT2D eigenvalue weighted by molar-refractivity contribution is -0.130. The summed E-state index contributed by atoms with van der Waals surface area (Å²) in [5, 5.41) is 9.41. The van der Waals surface area contributed by atoms with E-state index in [1.54, 1.807) is 0 Å². The van der Waals surface area contributed by atoms with Gasteiger partial charge in [0.1, 0.15) is 0 Å². The molecule has 1 aliphatic carbocycles. The maximum Gasteiger partial charge on any atom is 0.245 e. The molecule has 16 heavy (non-hydrogen) atoms. The highest BCUT2D eigenvalue weighted by molar-refractivity contribution is 5.87. The van der Waals surface area contributed by atoms with Crippen molar-refractivity contribution in [3.63, 3.8) is 0 Å². The Balaban J connectivity index is 2.62. The molecule has 0 unspecified atom stereocenters. The minimum atomic E-state index is -0.0342. The van der Waals surface area contributed by atoms with Gasteiger partial charge in [-0.25, -0.2) is 0 Å². The maximum atomic E-state index is 11.7. The highest BCUT2D eigenvalue weighted by Crippen LogP contribution is 2.41. The minimum absolute atomic E-state index is 0.0200. The largest absolute Gasteiger partial charge is 0.396 e.